The molecule has 52 heavy (non-hydrogen) atoms. The summed E-state index contributed by atoms with van der Waals surface area (Å²) >= 11 is 0. The predicted molar refractivity (Wildman–Crippen MR) is 170 cm³/mol. The number of fused-ring (bicyclic) bond motifs is 1. The summed E-state index contributed by atoms with van der Waals surface area (Å²) in [6.07, 6.45) is -22.6. The monoisotopic (exact) mass is 741 g/mol. The Labute approximate surface area is 294 Å². The maximum absolute atomic E-state index is 11.4. The summed E-state index contributed by atoms with van der Waals surface area (Å²) in [6.45, 7) is 0.367. The van der Waals surface area contributed by atoms with Crippen LogP contribution in [-0.2, 0) is 23.7 Å². The van der Waals surface area contributed by atoms with E-state index in [1.54, 1.807) is 0 Å². The molecule has 3 aromatic rings. The lowest BCUT2D eigenvalue weighted by Crippen LogP contribution is -2.64. The molecule has 0 aliphatic carbocycles. The number of ether oxygens (including phenoxy) is 7. The van der Waals surface area contributed by atoms with Crippen LogP contribution in [0.5, 0.6) is 28.7 Å². The first-order valence-electron chi connectivity index (χ1n) is 16.2. The van der Waals surface area contributed by atoms with Gasteiger partial charge in [-0.25, -0.2) is 4.42 Å². The summed E-state index contributed by atoms with van der Waals surface area (Å²) in [5.74, 6) is -1.21. The van der Waals surface area contributed by atoms with Crippen LogP contribution in [0.4, 0.5) is 0 Å². The molecular formula is C33H41O19+. The van der Waals surface area contributed by atoms with Gasteiger partial charge in [-0.1, -0.05) is 0 Å². The molecule has 3 aliphatic heterocycles. The van der Waals surface area contributed by atoms with Crippen molar-refractivity contribution in [3.05, 3.63) is 36.4 Å². The molecule has 11 N–H and O–H groups in total. The quantitative estimate of drug-likeness (QED) is 0.106. The Bertz CT molecular complexity index is 1710. The van der Waals surface area contributed by atoms with Gasteiger partial charge < -0.3 is 89.3 Å². The molecule has 0 spiro atoms. The van der Waals surface area contributed by atoms with Gasteiger partial charge in [0.1, 0.15) is 71.8 Å². The second kappa shape index (κ2) is 15.4. The molecule has 1 aromatic heterocycles. The van der Waals surface area contributed by atoms with E-state index in [1.165, 1.54) is 44.4 Å². The molecule has 5 unspecified atom stereocenters. The number of hydrogen-bond donors (Lipinski definition) is 11. The van der Waals surface area contributed by atoms with Crippen LogP contribution >= 0.6 is 0 Å². The smallest absolute Gasteiger partial charge is 0.402 e. The Morgan fingerprint density at radius 3 is 2.19 bits per heavy atom. The van der Waals surface area contributed by atoms with Crippen LogP contribution < -0.4 is 9.47 Å². The average Bonchev–Trinajstić information content (AvgIpc) is 3.11. The van der Waals surface area contributed by atoms with E-state index < -0.39 is 105 Å². The van der Waals surface area contributed by atoms with Crippen LogP contribution in [0.1, 0.15) is 6.92 Å². The number of aliphatic hydroxyl groups is 8. The van der Waals surface area contributed by atoms with Gasteiger partial charge in [0.15, 0.2) is 30.2 Å². The molecule has 3 saturated heterocycles. The molecule has 19 nitrogen and oxygen atoms in total. The van der Waals surface area contributed by atoms with Gasteiger partial charge in [-0.05, 0) is 19.1 Å². The number of rotatable bonds is 9. The number of hydrogen-bond acceptors (Lipinski definition) is 18. The van der Waals surface area contributed by atoms with Crippen LogP contribution in [0.2, 0.25) is 0 Å². The van der Waals surface area contributed by atoms with Crippen molar-refractivity contribution in [1.29, 1.82) is 0 Å². The van der Waals surface area contributed by atoms with Gasteiger partial charge in [0.05, 0.1) is 38.1 Å². The minimum Gasteiger partial charge on any atom is -0.507 e. The van der Waals surface area contributed by atoms with E-state index >= 15 is 0 Å². The molecule has 3 aliphatic rings. The number of aliphatic hydroxyl groups excluding tert-OH is 8. The molecule has 6 rings (SSSR count). The maximum atomic E-state index is 11.4. The fourth-order valence-corrected chi connectivity index (χ4v) is 6.09. The lowest BCUT2D eigenvalue weighted by Gasteiger charge is -2.45. The third-order valence-electron chi connectivity index (χ3n) is 9.12. The first-order chi connectivity index (χ1) is 24.7. The van der Waals surface area contributed by atoms with Gasteiger partial charge in [0.2, 0.25) is 12.0 Å². The highest BCUT2D eigenvalue weighted by Crippen LogP contribution is 2.43. The minimum atomic E-state index is -1.91. The van der Waals surface area contributed by atoms with Gasteiger partial charge in [-0.3, -0.25) is 0 Å². The normalized spacial score (nSPS) is 36.8. The largest absolute Gasteiger partial charge is 0.507 e. The third-order valence-corrected chi connectivity index (χ3v) is 9.12. The van der Waals surface area contributed by atoms with Crippen LogP contribution in [0.15, 0.2) is 40.8 Å². The molecule has 286 valence electrons. The first kappa shape index (κ1) is 38.1. The topological polar surface area (TPSA) is 298 Å². The predicted octanol–water partition coefficient (Wildman–Crippen LogP) is -2.00. The van der Waals surface area contributed by atoms with Crippen molar-refractivity contribution < 1.29 is 93.7 Å². The van der Waals surface area contributed by atoms with Gasteiger partial charge in [0.25, 0.3) is 0 Å². The van der Waals surface area contributed by atoms with Gasteiger partial charge in [0, 0.05) is 18.2 Å². The van der Waals surface area contributed by atoms with Crippen LogP contribution in [0.3, 0.4) is 0 Å². The Morgan fingerprint density at radius 2 is 1.46 bits per heavy atom. The summed E-state index contributed by atoms with van der Waals surface area (Å²) in [5, 5.41) is 115. The van der Waals surface area contributed by atoms with Crippen molar-refractivity contribution >= 4 is 11.0 Å². The standard InChI is InChI=1S/C33H40O19/c1-11-22(38)25(41)28(44)31(48-11)47-10-21-24(40)26(42)30(52-32-27(43)23(39)17(37)9-46-32)33(51-21)50-20-8-14-16(36)6-13(34)7-18(14)49-29(20)12-3-4-15(35)19(5-12)45-2/h3-8,11,17,21-28,30-33,37-44H,9-10H2,1-2H3,(H2-,34,35,36)/p+1/t11?,17-,21?,22+,23+,24-,25?,26+,27?,28+,30?,31-,32+,33-/m1/s1. The van der Waals surface area contributed by atoms with E-state index in [9.17, 15) is 56.2 Å². The third kappa shape index (κ3) is 7.41. The number of phenolic OH excluding ortho intramolecular Hbond substituents is 3. The Balaban J connectivity index is 1.37. The van der Waals surface area contributed by atoms with E-state index in [-0.39, 0.29) is 45.3 Å². The first-order valence-corrected chi connectivity index (χ1v) is 16.2. The average molecular weight is 742 g/mol. The highest BCUT2D eigenvalue weighted by molar-refractivity contribution is 5.88. The number of benzene rings is 2. The molecule has 4 heterocycles. The van der Waals surface area contributed by atoms with Crippen LogP contribution in [0, 0.1) is 0 Å². The van der Waals surface area contributed by atoms with E-state index in [0.29, 0.717) is 0 Å². The van der Waals surface area contributed by atoms with Crippen molar-refractivity contribution in [2.75, 3.05) is 20.3 Å². The fourth-order valence-electron chi connectivity index (χ4n) is 6.09. The van der Waals surface area contributed by atoms with E-state index in [2.05, 4.69) is 0 Å². The van der Waals surface area contributed by atoms with Crippen LogP contribution in [-0.4, -0.2) is 163 Å². The zero-order chi connectivity index (χ0) is 37.6. The Kier molecular flexibility index (Phi) is 11.2. The van der Waals surface area contributed by atoms with Gasteiger partial charge in [-0.2, -0.15) is 0 Å². The second-order valence-electron chi connectivity index (χ2n) is 12.7. The Morgan fingerprint density at radius 1 is 0.731 bits per heavy atom. The van der Waals surface area contributed by atoms with E-state index in [4.69, 9.17) is 37.6 Å². The molecular weight excluding hydrogens is 700 g/mol. The van der Waals surface area contributed by atoms with Crippen molar-refractivity contribution in [1.82, 2.24) is 0 Å². The molecule has 14 atom stereocenters. The second-order valence-corrected chi connectivity index (χ2v) is 12.7. The number of methoxy groups -OCH3 is 1. The van der Waals surface area contributed by atoms with E-state index in [1.807, 2.05) is 0 Å². The molecule has 0 bridgehead atoms. The Hall–Kier alpha value is -3.67. The summed E-state index contributed by atoms with van der Waals surface area (Å²) < 4.78 is 45.8. The van der Waals surface area contributed by atoms with Gasteiger partial charge in [-0.15, -0.1) is 0 Å². The molecule has 3 fully saturated rings. The summed E-state index contributed by atoms with van der Waals surface area (Å²) in [6, 6.07) is 7.69. The summed E-state index contributed by atoms with van der Waals surface area (Å²) in [4.78, 5) is 0. The van der Waals surface area contributed by atoms with Crippen molar-refractivity contribution in [2.45, 2.75) is 92.9 Å². The molecule has 19 heteroatoms. The number of phenols is 3. The SMILES string of the molecule is COc1cc(-c2[o+]c3cc(O)cc(O)c3cc2O[C@@H]2OC(CO[C@@H]3OC(C)[C@H](O)C(O)[C@@H]3O)[C@@H](O)[C@H](O)C2O[C@@H]2OC[C@@H](O)[C@H](O)C2O)ccc1O. The molecule has 0 saturated carbocycles. The lowest BCUT2D eigenvalue weighted by molar-refractivity contribution is -0.352. The maximum Gasteiger partial charge on any atom is 0.402 e. The lowest BCUT2D eigenvalue weighted by atomic mass is 9.98. The van der Waals surface area contributed by atoms with Crippen molar-refractivity contribution in [3.8, 4) is 40.1 Å². The summed E-state index contributed by atoms with van der Waals surface area (Å²) in [7, 11) is 1.31. The minimum absolute atomic E-state index is 0.00941. The summed E-state index contributed by atoms with van der Waals surface area (Å²) in [5.41, 5.74) is 0.231. The molecule has 0 amide bonds. The van der Waals surface area contributed by atoms with Crippen LogP contribution in [0.25, 0.3) is 22.3 Å². The zero-order valence-corrected chi connectivity index (χ0v) is 27.6. The van der Waals surface area contributed by atoms with E-state index in [0.717, 1.165) is 6.07 Å². The zero-order valence-electron chi connectivity index (χ0n) is 27.6. The number of aromatic hydroxyl groups is 3. The van der Waals surface area contributed by atoms with Crippen molar-refractivity contribution in [2.24, 2.45) is 0 Å². The fraction of sp³-hybridized carbons (Fsp3) is 0.545. The highest BCUT2D eigenvalue weighted by Gasteiger charge is 2.51. The molecule has 2 aromatic carbocycles. The van der Waals surface area contributed by atoms with Gasteiger partial charge >= 0.3 is 11.3 Å². The molecule has 0 radical (unpaired) electrons. The van der Waals surface area contributed by atoms with Crippen molar-refractivity contribution in [3.63, 3.8) is 0 Å². The highest BCUT2D eigenvalue weighted by atomic mass is 16.8.